The molecule has 1 atom stereocenters. The molecule has 0 spiro atoms. The third kappa shape index (κ3) is 3.36. The van der Waals surface area contributed by atoms with Gasteiger partial charge in [-0.1, -0.05) is 28.9 Å². The predicted molar refractivity (Wildman–Crippen MR) is 57.9 cm³/mol. The third-order valence-electron chi connectivity index (χ3n) is 1.82. The van der Waals surface area contributed by atoms with E-state index in [1.165, 1.54) is 0 Å². The lowest BCUT2D eigenvalue weighted by atomic mass is 10.3. The minimum atomic E-state index is 0.120. The molecule has 13 heavy (non-hydrogen) atoms. The van der Waals surface area contributed by atoms with Crippen LogP contribution in [0.4, 0.5) is 0 Å². The Morgan fingerprint density at radius 1 is 1.54 bits per heavy atom. The summed E-state index contributed by atoms with van der Waals surface area (Å²) in [5, 5.41) is 0. The van der Waals surface area contributed by atoms with Gasteiger partial charge < -0.3 is 10.5 Å². The molecular formula is C10H14BrNO. The highest BCUT2D eigenvalue weighted by atomic mass is 79.9. The summed E-state index contributed by atoms with van der Waals surface area (Å²) in [6.07, 6.45) is 1.05. The van der Waals surface area contributed by atoms with Gasteiger partial charge in [-0.05, 0) is 24.6 Å². The number of nitrogens with two attached hydrogens (primary N) is 1. The summed E-state index contributed by atoms with van der Waals surface area (Å²) >= 11 is 3.38. The Hall–Kier alpha value is -0.540. The van der Waals surface area contributed by atoms with Crippen molar-refractivity contribution in [2.45, 2.75) is 19.4 Å². The van der Waals surface area contributed by atoms with E-state index in [0.29, 0.717) is 6.54 Å². The molecule has 0 aliphatic rings. The summed E-state index contributed by atoms with van der Waals surface area (Å²) in [5.41, 5.74) is 5.53. The molecule has 72 valence electrons. The average molecular weight is 244 g/mol. The van der Waals surface area contributed by atoms with Crippen LogP contribution in [0.2, 0.25) is 0 Å². The van der Waals surface area contributed by atoms with Crippen LogP contribution in [0, 0.1) is 0 Å². The fraction of sp³-hybridized carbons (Fsp3) is 0.400. The molecule has 1 aromatic carbocycles. The largest absolute Gasteiger partial charge is 0.489 e. The summed E-state index contributed by atoms with van der Waals surface area (Å²) in [6.45, 7) is 2.62. The number of ether oxygens (including phenoxy) is 1. The van der Waals surface area contributed by atoms with Gasteiger partial charge in [0.2, 0.25) is 0 Å². The lowest BCUT2D eigenvalue weighted by molar-refractivity contribution is 0.205. The normalized spacial score (nSPS) is 12.5. The van der Waals surface area contributed by atoms with Gasteiger partial charge in [0, 0.05) is 11.0 Å². The maximum absolute atomic E-state index is 5.64. The van der Waals surface area contributed by atoms with Crippen LogP contribution in [0.15, 0.2) is 28.7 Å². The van der Waals surface area contributed by atoms with Crippen molar-refractivity contribution in [3.8, 4) is 5.75 Å². The molecule has 0 aliphatic heterocycles. The lowest BCUT2D eigenvalue weighted by Crippen LogP contribution is -2.25. The van der Waals surface area contributed by atoms with Crippen molar-refractivity contribution in [1.82, 2.24) is 0 Å². The van der Waals surface area contributed by atoms with E-state index in [1.54, 1.807) is 0 Å². The number of benzene rings is 1. The van der Waals surface area contributed by atoms with Crippen LogP contribution in [0.1, 0.15) is 13.3 Å². The lowest BCUT2D eigenvalue weighted by Gasteiger charge is -2.15. The molecular weight excluding hydrogens is 230 g/mol. The fourth-order valence-electron chi connectivity index (χ4n) is 1.03. The Bertz CT molecular complexity index is 261. The van der Waals surface area contributed by atoms with Crippen molar-refractivity contribution in [3.63, 3.8) is 0 Å². The Morgan fingerprint density at radius 2 is 2.31 bits per heavy atom. The van der Waals surface area contributed by atoms with Crippen molar-refractivity contribution in [2.24, 2.45) is 5.73 Å². The summed E-state index contributed by atoms with van der Waals surface area (Å²) in [5.74, 6) is 0.867. The quantitative estimate of drug-likeness (QED) is 0.883. The van der Waals surface area contributed by atoms with E-state index >= 15 is 0 Å². The molecule has 0 bridgehead atoms. The molecule has 2 nitrogen and oxygen atoms in total. The highest BCUT2D eigenvalue weighted by Gasteiger charge is 2.04. The maximum Gasteiger partial charge on any atom is 0.120 e. The molecule has 0 fully saturated rings. The minimum absolute atomic E-state index is 0.120. The van der Waals surface area contributed by atoms with Crippen LogP contribution in [0.25, 0.3) is 0 Å². The third-order valence-corrected chi connectivity index (χ3v) is 2.31. The molecule has 0 heterocycles. The van der Waals surface area contributed by atoms with Crippen molar-refractivity contribution in [3.05, 3.63) is 28.7 Å². The minimum Gasteiger partial charge on any atom is -0.489 e. The number of rotatable bonds is 4. The molecule has 0 saturated heterocycles. The van der Waals surface area contributed by atoms with Gasteiger partial charge in [-0.3, -0.25) is 0 Å². The highest BCUT2D eigenvalue weighted by Crippen LogP contribution is 2.19. The van der Waals surface area contributed by atoms with Crippen molar-refractivity contribution < 1.29 is 4.74 Å². The standard InChI is InChI=1S/C10H14BrNO/c1-2-9(7-12)13-10-5-3-4-8(11)6-10/h3-6,9H,2,7,12H2,1H3. The number of hydrogen-bond donors (Lipinski definition) is 1. The van der Waals surface area contributed by atoms with Gasteiger partial charge in [0.25, 0.3) is 0 Å². The number of hydrogen-bond acceptors (Lipinski definition) is 2. The van der Waals surface area contributed by atoms with Gasteiger partial charge in [0.1, 0.15) is 11.9 Å². The van der Waals surface area contributed by atoms with Gasteiger partial charge in [-0.15, -0.1) is 0 Å². The first-order valence-electron chi connectivity index (χ1n) is 4.38. The molecule has 1 aromatic rings. The van der Waals surface area contributed by atoms with E-state index in [9.17, 15) is 0 Å². The second kappa shape index (κ2) is 5.25. The van der Waals surface area contributed by atoms with E-state index in [4.69, 9.17) is 10.5 Å². The average Bonchev–Trinajstić information content (AvgIpc) is 2.14. The first kappa shape index (κ1) is 10.5. The second-order valence-electron chi connectivity index (χ2n) is 2.84. The Balaban J connectivity index is 2.62. The van der Waals surface area contributed by atoms with Gasteiger partial charge in [0.05, 0.1) is 0 Å². The molecule has 3 heteroatoms. The van der Waals surface area contributed by atoms with Crippen molar-refractivity contribution in [1.29, 1.82) is 0 Å². The molecule has 0 saturated carbocycles. The van der Waals surface area contributed by atoms with Gasteiger partial charge in [-0.2, -0.15) is 0 Å². The van der Waals surface area contributed by atoms with Crippen molar-refractivity contribution in [2.75, 3.05) is 6.54 Å². The SMILES string of the molecule is CCC(CN)Oc1cccc(Br)c1. The smallest absolute Gasteiger partial charge is 0.120 e. The van der Waals surface area contributed by atoms with Crippen LogP contribution in [-0.2, 0) is 0 Å². The molecule has 1 unspecified atom stereocenters. The van der Waals surface area contributed by atoms with Gasteiger partial charge >= 0.3 is 0 Å². The van der Waals surface area contributed by atoms with Crippen LogP contribution in [-0.4, -0.2) is 12.6 Å². The second-order valence-corrected chi connectivity index (χ2v) is 3.76. The first-order chi connectivity index (χ1) is 6.26. The maximum atomic E-state index is 5.64. The van der Waals surface area contributed by atoms with Crippen LogP contribution < -0.4 is 10.5 Å². The Morgan fingerprint density at radius 3 is 2.85 bits per heavy atom. The molecule has 0 amide bonds. The molecule has 0 aliphatic carbocycles. The van der Waals surface area contributed by atoms with Crippen LogP contribution >= 0.6 is 15.9 Å². The summed E-state index contributed by atoms with van der Waals surface area (Å²) in [6, 6.07) is 7.79. The van der Waals surface area contributed by atoms with E-state index in [1.807, 2.05) is 24.3 Å². The summed E-state index contributed by atoms with van der Waals surface area (Å²) in [4.78, 5) is 0. The zero-order chi connectivity index (χ0) is 9.68. The van der Waals surface area contributed by atoms with E-state index < -0.39 is 0 Å². The topological polar surface area (TPSA) is 35.2 Å². The molecule has 1 rings (SSSR count). The Labute approximate surface area is 87.2 Å². The van der Waals surface area contributed by atoms with Crippen LogP contribution in [0.3, 0.4) is 0 Å². The van der Waals surface area contributed by atoms with Gasteiger partial charge in [0.15, 0.2) is 0 Å². The highest BCUT2D eigenvalue weighted by molar-refractivity contribution is 9.10. The van der Waals surface area contributed by atoms with Crippen LogP contribution in [0.5, 0.6) is 5.75 Å². The predicted octanol–water partition coefficient (Wildman–Crippen LogP) is 2.57. The monoisotopic (exact) mass is 243 g/mol. The van der Waals surface area contributed by atoms with Crippen molar-refractivity contribution >= 4 is 15.9 Å². The summed E-state index contributed by atoms with van der Waals surface area (Å²) in [7, 11) is 0. The zero-order valence-corrected chi connectivity index (χ0v) is 9.25. The van der Waals surface area contributed by atoms with E-state index in [-0.39, 0.29) is 6.10 Å². The van der Waals surface area contributed by atoms with Gasteiger partial charge in [-0.25, -0.2) is 0 Å². The fourth-order valence-corrected chi connectivity index (χ4v) is 1.41. The number of halogens is 1. The Kier molecular flexibility index (Phi) is 4.25. The molecule has 0 aromatic heterocycles. The summed E-state index contributed by atoms with van der Waals surface area (Å²) < 4.78 is 6.66. The molecule has 0 radical (unpaired) electrons. The first-order valence-corrected chi connectivity index (χ1v) is 5.18. The zero-order valence-electron chi connectivity index (χ0n) is 7.66. The van der Waals surface area contributed by atoms with E-state index in [0.717, 1.165) is 16.6 Å². The van der Waals surface area contributed by atoms with E-state index in [2.05, 4.69) is 22.9 Å². The molecule has 2 N–H and O–H groups in total.